The van der Waals surface area contributed by atoms with Crippen LogP contribution in [0.5, 0.6) is 0 Å². The molecule has 2 atom stereocenters. The maximum atomic E-state index is 12.5. The van der Waals surface area contributed by atoms with Crippen LogP contribution in [0, 0.1) is 0 Å². The molecule has 1 heterocycles. The van der Waals surface area contributed by atoms with Crippen molar-refractivity contribution in [2.24, 2.45) is 0 Å². The van der Waals surface area contributed by atoms with Crippen molar-refractivity contribution in [3.8, 4) is 0 Å². The molecule has 1 aliphatic rings. The smallest absolute Gasteiger partial charge is 0.240 e. The average Bonchev–Trinajstić information content (AvgIpc) is 2.63. The average molecular weight is 328 g/mol. The Balaban J connectivity index is 2.13. The summed E-state index contributed by atoms with van der Waals surface area (Å²) in [5.74, 6) is 0.232. The van der Waals surface area contributed by atoms with Gasteiger partial charge in [-0.3, -0.25) is 0 Å². The van der Waals surface area contributed by atoms with Crippen LogP contribution in [0.1, 0.15) is 47.9 Å². The van der Waals surface area contributed by atoms with Gasteiger partial charge >= 0.3 is 6.18 Å². The minimum Gasteiger partial charge on any atom is -0.240 e. The monoisotopic (exact) mass is 327 g/mol. The lowest BCUT2D eigenvalue weighted by Crippen LogP contribution is -2.03. The number of hydrogen-bond donors (Lipinski definition) is 0. The summed E-state index contributed by atoms with van der Waals surface area (Å²) in [6, 6.07) is 0. The van der Waals surface area contributed by atoms with Gasteiger partial charge < -0.3 is 0 Å². The molecule has 1 nitrogen and oxygen atoms in total. The normalized spacial score (nSPS) is 26.8. The van der Waals surface area contributed by atoms with Crippen LogP contribution < -0.4 is 0 Å². The van der Waals surface area contributed by atoms with Crippen LogP contribution >= 0.6 is 27.3 Å². The predicted octanol–water partition coefficient (Wildman–Crippen LogP) is 4.97. The molecule has 1 saturated carbocycles. The standard InChI is InChI=1S/C11H13BrF3NS/c12-8-4-2-1-3-7(5-8)9-6-16-10(17-9)11(13,14)15/h6-8H,1-5H2. The van der Waals surface area contributed by atoms with Gasteiger partial charge in [0.1, 0.15) is 0 Å². The fourth-order valence-electron chi connectivity index (χ4n) is 2.17. The molecule has 0 aromatic carbocycles. The Morgan fingerprint density at radius 3 is 2.65 bits per heavy atom. The SMILES string of the molecule is FC(F)(F)c1ncc(C2CCCCC(Br)C2)s1. The molecule has 1 aromatic heterocycles. The maximum absolute atomic E-state index is 12.5. The van der Waals surface area contributed by atoms with E-state index in [-0.39, 0.29) is 5.92 Å². The molecule has 0 bridgehead atoms. The molecule has 6 heteroatoms. The molecule has 1 fully saturated rings. The van der Waals surface area contributed by atoms with E-state index in [1.807, 2.05) is 0 Å². The highest BCUT2D eigenvalue weighted by atomic mass is 79.9. The topological polar surface area (TPSA) is 12.9 Å². The molecule has 1 aromatic rings. The Bertz CT molecular complexity index is 377. The van der Waals surface area contributed by atoms with Crippen LogP contribution in [0.3, 0.4) is 0 Å². The first-order valence-electron chi connectivity index (χ1n) is 5.64. The van der Waals surface area contributed by atoms with E-state index in [1.54, 1.807) is 0 Å². The van der Waals surface area contributed by atoms with Gasteiger partial charge in [-0.1, -0.05) is 28.8 Å². The van der Waals surface area contributed by atoms with Gasteiger partial charge in [0.15, 0.2) is 5.01 Å². The minimum absolute atomic E-state index is 0.232. The molecule has 0 aliphatic heterocycles. The summed E-state index contributed by atoms with van der Waals surface area (Å²) < 4.78 is 37.4. The second-order valence-electron chi connectivity index (χ2n) is 4.38. The van der Waals surface area contributed by atoms with Gasteiger partial charge in [0.2, 0.25) is 0 Å². The van der Waals surface area contributed by atoms with Crippen molar-refractivity contribution < 1.29 is 13.2 Å². The second kappa shape index (κ2) is 5.26. The number of rotatable bonds is 1. The molecule has 0 N–H and O–H groups in total. The quantitative estimate of drug-likeness (QED) is 0.524. The van der Waals surface area contributed by atoms with Crippen molar-refractivity contribution in [3.63, 3.8) is 0 Å². The van der Waals surface area contributed by atoms with Gasteiger partial charge in [-0.15, -0.1) is 11.3 Å². The third-order valence-electron chi connectivity index (χ3n) is 3.03. The zero-order chi connectivity index (χ0) is 12.5. The van der Waals surface area contributed by atoms with E-state index in [2.05, 4.69) is 20.9 Å². The Kier molecular flexibility index (Phi) is 4.13. The van der Waals surface area contributed by atoms with Crippen molar-refractivity contribution in [2.75, 3.05) is 0 Å². The predicted molar refractivity (Wildman–Crippen MR) is 65.7 cm³/mol. The van der Waals surface area contributed by atoms with E-state index in [1.165, 1.54) is 6.20 Å². The molecule has 2 unspecified atom stereocenters. The molecule has 1 aliphatic carbocycles. The summed E-state index contributed by atoms with van der Waals surface area (Å²) >= 11 is 4.38. The van der Waals surface area contributed by atoms with Gasteiger partial charge in [0.05, 0.1) is 0 Å². The molecule has 0 radical (unpaired) electrons. The highest BCUT2D eigenvalue weighted by Crippen LogP contribution is 2.40. The summed E-state index contributed by atoms with van der Waals surface area (Å²) in [7, 11) is 0. The molecule has 2 rings (SSSR count). The first-order chi connectivity index (χ1) is 7.97. The van der Waals surface area contributed by atoms with Crippen molar-refractivity contribution in [1.82, 2.24) is 4.98 Å². The summed E-state index contributed by atoms with van der Waals surface area (Å²) in [6.45, 7) is 0. The van der Waals surface area contributed by atoms with Crippen molar-refractivity contribution in [3.05, 3.63) is 16.1 Å². The lowest BCUT2D eigenvalue weighted by molar-refractivity contribution is -0.137. The summed E-state index contributed by atoms with van der Waals surface area (Å²) in [6.07, 6.45) is 2.34. The van der Waals surface area contributed by atoms with E-state index < -0.39 is 11.2 Å². The first-order valence-corrected chi connectivity index (χ1v) is 7.37. The van der Waals surface area contributed by atoms with Crippen LogP contribution in [-0.2, 0) is 6.18 Å². The molecule has 96 valence electrons. The Morgan fingerprint density at radius 2 is 2.00 bits per heavy atom. The molecule has 0 amide bonds. The lowest BCUT2D eigenvalue weighted by atomic mass is 9.99. The Labute approximate surface area is 111 Å². The number of halogens is 4. The van der Waals surface area contributed by atoms with Crippen LogP contribution in [-0.4, -0.2) is 9.81 Å². The largest absolute Gasteiger partial charge is 0.443 e. The van der Waals surface area contributed by atoms with Crippen molar-refractivity contribution >= 4 is 27.3 Å². The van der Waals surface area contributed by atoms with Crippen LogP contribution in [0.25, 0.3) is 0 Å². The summed E-state index contributed by atoms with van der Waals surface area (Å²) in [5, 5.41) is -0.720. The number of hydrogen-bond acceptors (Lipinski definition) is 2. The fraction of sp³-hybridized carbons (Fsp3) is 0.727. The maximum Gasteiger partial charge on any atom is 0.443 e. The van der Waals surface area contributed by atoms with Crippen LogP contribution in [0.2, 0.25) is 0 Å². The number of alkyl halides is 4. The van der Waals surface area contributed by atoms with E-state index in [4.69, 9.17) is 0 Å². The summed E-state index contributed by atoms with van der Waals surface area (Å²) in [5.41, 5.74) is 0. The lowest BCUT2D eigenvalue weighted by Gasteiger charge is -2.13. The van der Waals surface area contributed by atoms with Gasteiger partial charge in [-0.25, -0.2) is 4.98 Å². The molecule has 0 saturated heterocycles. The zero-order valence-corrected chi connectivity index (χ0v) is 11.5. The minimum atomic E-state index is -4.30. The molecule has 0 spiro atoms. The number of thiazole rings is 1. The Morgan fingerprint density at radius 1 is 1.29 bits per heavy atom. The van der Waals surface area contributed by atoms with E-state index in [0.717, 1.165) is 48.3 Å². The van der Waals surface area contributed by atoms with Crippen molar-refractivity contribution in [1.29, 1.82) is 0 Å². The highest BCUT2D eigenvalue weighted by molar-refractivity contribution is 9.09. The van der Waals surface area contributed by atoms with Crippen LogP contribution in [0.15, 0.2) is 6.20 Å². The van der Waals surface area contributed by atoms with E-state index in [0.29, 0.717) is 4.83 Å². The Hall–Kier alpha value is -0.100. The number of nitrogens with zero attached hydrogens (tertiary/aromatic N) is 1. The second-order valence-corrected chi connectivity index (χ2v) is 6.74. The molecule has 17 heavy (non-hydrogen) atoms. The van der Waals surface area contributed by atoms with E-state index >= 15 is 0 Å². The highest BCUT2D eigenvalue weighted by Gasteiger charge is 2.35. The van der Waals surface area contributed by atoms with Gasteiger partial charge in [-0.05, 0) is 25.2 Å². The van der Waals surface area contributed by atoms with Crippen LogP contribution in [0.4, 0.5) is 13.2 Å². The van der Waals surface area contributed by atoms with E-state index in [9.17, 15) is 13.2 Å². The third-order valence-corrected chi connectivity index (χ3v) is 5.06. The number of aromatic nitrogens is 1. The molecular formula is C11H13BrF3NS. The van der Waals surface area contributed by atoms with Gasteiger partial charge in [0, 0.05) is 15.9 Å². The first kappa shape index (κ1) is 13.3. The third kappa shape index (κ3) is 3.44. The molecular weight excluding hydrogens is 315 g/mol. The van der Waals surface area contributed by atoms with Crippen molar-refractivity contribution in [2.45, 2.75) is 49.0 Å². The zero-order valence-electron chi connectivity index (χ0n) is 9.13. The fourth-order valence-corrected chi connectivity index (χ4v) is 3.87. The summed E-state index contributed by atoms with van der Waals surface area (Å²) in [4.78, 5) is 4.70. The van der Waals surface area contributed by atoms with Gasteiger partial charge in [0.25, 0.3) is 0 Å². The van der Waals surface area contributed by atoms with Gasteiger partial charge in [-0.2, -0.15) is 13.2 Å².